The molecule has 0 aliphatic carbocycles. The van der Waals surface area contributed by atoms with E-state index in [1.165, 1.54) is 13.8 Å². The predicted molar refractivity (Wildman–Crippen MR) is 55.0 cm³/mol. The fourth-order valence-electron chi connectivity index (χ4n) is 1.41. The number of aromatic amines is 1. The Balaban J connectivity index is 2.63. The molecule has 2 nitrogen and oxygen atoms in total. The number of rotatable bonds is 1. The van der Waals surface area contributed by atoms with Crippen LogP contribution in [0.5, 0.6) is 0 Å². The van der Waals surface area contributed by atoms with Crippen LogP contribution in [0.1, 0.15) is 25.2 Å². The fourth-order valence-corrected chi connectivity index (χ4v) is 1.41. The average molecular weight is 192 g/mol. The average Bonchev–Trinajstić information content (AvgIpc) is 2.45. The highest BCUT2D eigenvalue weighted by molar-refractivity contribution is 5.75. The van der Waals surface area contributed by atoms with Gasteiger partial charge in [-0.3, -0.25) is 0 Å². The standard InChI is InChI=1S/C11H13FN2/c1-7-4-5-8-9(6-7)14-10(13-8)11(2,3)12/h4-6H,1-3H3,(H,13,14). The van der Waals surface area contributed by atoms with Gasteiger partial charge in [-0.2, -0.15) is 0 Å². The van der Waals surface area contributed by atoms with Crippen molar-refractivity contribution in [2.45, 2.75) is 26.4 Å². The zero-order valence-corrected chi connectivity index (χ0v) is 8.56. The van der Waals surface area contributed by atoms with Gasteiger partial charge in [0.25, 0.3) is 0 Å². The Morgan fingerprint density at radius 3 is 2.71 bits per heavy atom. The second-order valence-corrected chi connectivity index (χ2v) is 4.08. The summed E-state index contributed by atoms with van der Waals surface area (Å²) in [5.41, 5.74) is 1.44. The highest BCUT2D eigenvalue weighted by Crippen LogP contribution is 2.24. The van der Waals surface area contributed by atoms with Crippen molar-refractivity contribution >= 4 is 11.0 Å². The number of alkyl halides is 1. The highest BCUT2D eigenvalue weighted by atomic mass is 19.1. The number of aryl methyl sites for hydroxylation is 1. The topological polar surface area (TPSA) is 28.7 Å². The summed E-state index contributed by atoms with van der Waals surface area (Å²) in [5, 5.41) is 0. The van der Waals surface area contributed by atoms with E-state index in [9.17, 15) is 4.39 Å². The Bertz CT molecular complexity index is 466. The van der Waals surface area contributed by atoms with E-state index in [4.69, 9.17) is 0 Å². The summed E-state index contributed by atoms with van der Waals surface area (Å²) in [6.07, 6.45) is 0. The van der Waals surface area contributed by atoms with Crippen LogP contribution in [0, 0.1) is 6.92 Å². The number of hydrogen-bond donors (Lipinski definition) is 1. The Labute approximate surface area is 82.2 Å². The summed E-state index contributed by atoms with van der Waals surface area (Å²) in [6.45, 7) is 5.00. The number of hydrogen-bond acceptors (Lipinski definition) is 1. The second kappa shape index (κ2) is 2.80. The van der Waals surface area contributed by atoms with Crippen LogP contribution in [0.25, 0.3) is 11.0 Å². The molecule has 0 unspecified atom stereocenters. The van der Waals surface area contributed by atoms with E-state index in [1.807, 2.05) is 25.1 Å². The van der Waals surface area contributed by atoms with E-state index in [2.05, 4.69) is 9.97 Å². The van der Waals surface area contributed by atoms with Gasteiger partial charge in [-0.15, -0.1) is 0 Å². The molecule has 2 aromatic rings. The van der Waals surface area contributed by atoms with Crippen LogP contribution in [0.3, 0.4) is 0 Å². The van der Waals surface area contributed by atoms with Crippen LogP contribution in [-0.4, -0.2) is 9.97 Å². The molecule has 14 heavy (non-hydrogen) atoms. The summed E-state index contributed by atoms with van der Waals surface area (Å²) in [7, 11) is 0. The third-order valence-electron chi connectivity index (χ3n) is 2.20. The van der Waals surface area contributed by atoms with E-state index in [-0.39, 0.29) is 0 Å². The van der Waals surface area contributed by atoms with Crippen molar-refractivity contribution < 1.29 is 4.39 Å². The number of imidazole rings is 1. The van der Waals surface area contributed by atoms with Gasteiger partial charge in [0, 0.05) is 0 Å². The molecule has 1 aromatic carbocycles. The lowest BCUT2D eigenvalue weighted by Crippen LogP contribution is -2.10. The van der Waals surface area contributed by atoms with Crippen molar-refractivity contribution in [3.8, 4) is 0 Å². The molecule has 0 radical (unpaired) electrons. The maximum Gasteiger partial charge on any atom is 0.162 e. The molecule has 0 aliphatic heterocycles. The van der Waals surface area contributed by atoms with Gasteiger partial charge in [0.1, 0.15) is 5.82 Å². The van der Waals surface area contributed by atoms with Crippen molar-refractivity contribution in [1.82, 2.24) is 9.97 Å². The molecule has 0 bridgehead atoms. The van der Waals surface area contributed by atoms with Crippen LogP contribution in [0.4, 0.5) is 4.39 Å². The third-order valence-corrected chi connectivity index (χ3v) is 2.20. The molecule has 74 valence electrons. The molecule has 0 atom stereocenters. The van der Waals surface area contributed by atoms with Crippen molar-refractivity contribution in [1.29, 1.82) is 0 Å². The zero-order chi connectivity index (χ0) is 10.3. The largest absolute Gasteiger partial charge is 0.339 e. The molecule has 1 N–H and O–H groups in total. The number of benzene rings is 1. The first-order valence-electron chi connectivity index (χ1n) is 4.62. The molecular weight excluding hydrogens is 179 g/mol. The number of H-pyrrole nitrogens is 1. The molecule has 0 saturated heterocycles. The molecule has 0 fully saturated rings. The Morgan fingerprint density at radius 2 is 2.07 bits per heavy atom. The monoisotopic (exact) mass is 192 g/mol. The molecule has 1 heterocycles. The lowest BCUT2D eigenvalue weighted by Gasteiger charge is -2.08. The minimum atomic E-state index is -1.41. The van der Waals surface area contributed by atoms with Gasteiger partial charge >= 0.3 is 0 Å². The number of aromatic nitrogens is 2. The smallest absolute Gasteiger partial charge is 0.162 e. The zero-order valence-electron chi connectivity index (χ0n) is 8.56. The molecule has 0 spiro atoms. The van der Waals surface area contributed by atoms with E-state index in [1.54, 1.807) is 0 Å². The fraction of sp³-hybridized carbons (Fsp3) is 0.364. The van der Waals surface area contributed by atoms with Gasteiger partial charge in [-0.05, 0) is 38.5 Å². The second-order valence-electron chi connectivity index (χ2n) is 4.08. The minimum Gasteiger partial charge on any atom is -0.339 e. The van der Waals surface area contributed by atoms with Crippen LogP contribution in [0.15, 0.2) is 18.2 Å². The lowest BCUT2D eigenvalue weighted by molar-refractivity contribution is 0.208. The Morgan fingerprint density at radius 1 is 1.36 bits per heavy atom. The van der Waals surface area contributed by atoms with Crippen molar-refractivity contribution in [2.75, 3.05) is 0 Å². The summed E-state index contributed by atoms with van der Waals surface area (Å²) in [4.78, 5) is 7.18. The Kier molecular flexibility index (Phi) is 1.84. The van der Waals surface area contributed by atoms with Gasteiger partial charge in [-0.25, -0.2) is 9.37 Å². The molecule has 2 rings (SSSR count). The molecule has 3 heteroatoms. The van der Waals surface area contributed by atoms with Gasteiger partial charge in [0.05, 0.1) is 11.0 Å². The van der Waals surface area contributed by atoms with Crippen LogP contribution in [-0.2, 0) is 5.67 Å². The summed E-state index contributed by atoms with van der Waals surface area (Å²) >= 11 is 0. The summed E-state index contributed by atoms with van der Waals surface area (Å²) < 4.78 is 13.6. The van der Waals surface area contributed by atoms with Gasteiger partial charge in [0.15, 0.2) is 5.67 Å². The van der Waals surface area contributed by atoms with Crippen LogP contribution < -0.4 is 0 Å². The number of nitrogens with one attached hydrogen (secondary N) is 1. The molecule has 0 amide bonds. The first kappa shape index (κ1) is 9.19. The summed E-state index contributed by atoms with van der Waals surface area (Å²) in [5.74, 6) is 0.387. The van der Waals surface area contributed by atoms with Crippen molar-refractivity contribution in [3.63, 3.8) is 0 Å². The Hall–Kier alpha value is -1.38. The van der Waals surface area contributed by atoms with Gasteiger partial charge < -0.3 is 4.98 Å². The number of fused-ring (bicyclic) bond motifs is 1. The minimum absolute atomic E-state index is 0.387. The maximum atomic E-state index is 13.6. The van der Waals surface area contributed by atoms with Crippen molar-refractivity contribution in [3.05, 3.63) is 29.6 Å². The number of nitrogens with zero attached hydrogens (tertiary/aromatic N) is 1. The van der Waals surface area contributed by atoms with Crippen molar-refractivity contribution in [2.24, 2.45) is 0 Å². The first-order valence-corrected chi connectivity index (χ1v) is 4.62. The highest BCUT2D eigenvalue weighted by Gasteiger charge is 2.22. The molecule has 0 aliphatic rings. The van der Waals surface area contributed by atoms with E-state index < -0.39 is 5.67 Å². The predicted octanol–water partition coefficient (Wildman–Crippen LogP) is 3.08. The van der Waals surface area contributed by atoms with Crippen LogP contribution >= 0.6 is 0 Å². The molecule has 0 saturated carbocycles. The maximum absolute atomic E-state index is 13.6. The van der Waals surface area contributed by atoms with E-state index in [0.717, 1.165) is 16.6 Å². The number of halogens is 1. The van der Waals surface area contributed by atoms with E-state index in [0.29, 0.717) is 5.82 Å². The molecular formula is C11H13FN2. The first-order chi connectivity index (χ1) is 6.47. The SMILES string of the molecule is Cc1ccc2nc(C(C)(C)F)[nH]c2c1. The normalized spacial score (nSPS) is 12.3. The quantitative estimate of drug-likeness (QED) is 0.739. The summed E-state index contributed by atoms with van der Waals surface area (Å²) in [6, 6.07) is 5.84. The van der Waals surface area contributed by atoms with Gasteiger partial charge in [-0.1, -0.05) is 6.07 Å². The lowest BCUT2D eigenvalue weighted by atomic mass is 10.2. The molecule has 1 aromatic heterocycles. The third kappa shape index (κ3) is 1.50. The van der Waals surface area contributed by atoms with E-state index >= 15 is 0 Å². The van der Waals surface area contributed by atoms with Crippen LogP contribution in [0.2, 0.25) is 0 Å². The van der Waals surface area contributed by atoms with Gasteiger partial charge in [0.2, 0.25) is 0 Å².